The second kappa shape index (κ2) is 6.57. The van der Waals surface area contributed by atoms with E-state index in [0.29, 0.717) is 32.0 Å². The van der Waals surface area contributed by atoms with Gasteiger partial charge in [0.2, 0.25) is 15.9 Å². The Hall–Kier alpha value is -1.47. The second-order valence-electron chi connectivity index (χ2n) is 6.30. The summed E-state index contributed by atoms with van der Waals surface area (Å²) < 4.78 is 39.9. The highest BCUT2D eigenvalue weighted by Gasteiger charge is 2.33. The first-order valence-corrected chi connectivity index (χ1v) is 9.58. The van der Waals surface area contributed by atoms with Gasteiger partial charge in [0.05, 0.1) is 5.75 Å². The van der Waals surface area contributed by atoms with Gasteiger partial charge in [0, 0.05) is 30.6 Å². The Balaban J connectivity index is 1.57. The third-order valence-corrected chi connectivity index (χ3v) is 6.27. The highest BCUT2D eigenvalue weighted by molar-refractivity contribution is 7.88. The van der Waals surface area contributed by atoms with Gasteiger partial charge in [-0.1, -0.05) is 18.2 Å². The Morgan fingerprint density at radius 3 is 2.43 bits per heavy atom. The molecule has 2 fully saturated rings. The summed E-state index contributed by atoms with van der Waals surface area (Å²) in [5.74, 6) is -0.914. The lowest BCUT2D eigenvalue weighted by molar-refractivity contribution is -0.126. The maximum Gasteiger partial charge on any atom is 0.223 e. The van der Waals surface area contributed by atoms with Gasteiger partial charge >= 0.3 is 0 Å². The third-order valence-electron chi connectivity index (χ3n) is 4.44. The summed E-state index contributed by atoms with van der Waals surface area (Å²) in [5.41, 5.74) is 0.182. The van der Waals surface area contributed by atoms with E-state index in [1.807, 2.05) is 0 Å². The predicted molar refractivity (Wildman–Crippen MR) is 84.5 cm³/mol. The van der Waals surface area contributed by atoms with Crippen LogP contribution < -0.4 is 5.32 Å². The largest absolute Gasteiger partial charge is 0.353 e. The summed E-state index contributed by atoms with van der Waals surface area (Å²) in [4.78, 5) is 12.0. The number of hydrogen-bond acceptors (Lipinski definition) is 3. The quantitative estimate of drug-likeness (QED) is 0.886. The van der Waals surface area contributed by atoms with Crippen LogP contribution in [0.4, 0.5) is 4.39 Å². The zero-order valence-electron chi connectivity index (χ0n) is 12.9. The van der Waals surface area contributed by atoms with Gasteiger partial charge in [0.1, 0.15) is 5.82 Å². The van der Waals surface area contributed by atoms with Gasteiger partial charge in [-0.2, -0.15) is 0 Å². The summed E-state index contributed by atoms with van der Waals surface area (Å²) in [5, 5.41) is 2.97. The van der Waals surface area contributed by atoms with Gasteiger partial charge in [0.25, 0.3) is 0 Å². The molecule has 1 N–H and O–H groups in total. The Morgan fingerprint density at radius 1 is 1.17 bits per heavy atom. The molecule has 5 nitrogen and oxygen atoms in total. The van der Waals surface area contributed by atoms with Crippen molar-refractivity contribution < 1.29 is 17.6 Å². The molecule has 126 valence electrons. The van der Waals surface area contributed by atoms with Crippen molar-refractivity contribution in [2.75, 3.05) is 13.1 Å². The van der Waals surface area contributed by atoms with Crippen LogP contribution in [-0.2, 0) is 20.6 Å². The maximum absolute atomic E-state index is 13.6. The summed E-state index contributed by atoms with van der Waals surface area (Å²) in [7, 11) is -3.56. The lowest BCUT2D eigenvalue weighted by atomic mass is 9.97. The standard InChI is InChI=1S/C16H21FN2O3S/c17-15-4-2-1-3-13(15)11-23(21,22)19-9-7-12(8-10-19)16(20)18-14-5-6-14/h1-4,12,14H,5-11H2,(H,18,20). The first-order chi connectivity index (χ1) is 11.0. The molecule has 0 spiro atoms. The zero-order chi connectivity index (χ0) is 16.4. The van der Waals surface area contributed by atoms with Gasteiger partial charge in [-0.3, -0.25) is 4.79 Å². The molecule has 0 atom stereocenters. The van der Waals surface area contributed by atoms with Gasteiger partial charge in [0.15, 0.2) is 0 Å². The summed E-state index contributed by atoms with van der Waals surface area (Å²) in [6.07, 6.45) is 3.13. The fourth-order valence-corrected chi connectivity index (χ4v) is 4.42. The van der Waals surface area contributed by atoms with Crippen LogP contribution in [-0.4, -0.2) is 37.8 Å². The topological polar surface area (TPSA) is 66.5 Å². The molecule has 0 aromatic heterocycles. The van der Waals surface area contributed by atoms with Gasteiger partial charge in [-0.15, -0.1) is 0 Å². The monoisotopic (exact) mass is 340 g/mol. The van der Waals surface area contributed by atoms with Crippen molar-refractivity contribution in [3.8, 4) is 0 Å². The van der Waals surface area contributed by atoms with Crippen LogP contribution >= 0.6 is 0 Å². The van der Waals surface area contributed by atoms with Crippen molar-refractivity contribution in [3.05, 3.63) is 35.6 Å². The van der Waals surface area contributed by atoms with Crippen molar-refractivity contribution in [2.45, 2.75) is 37.5 Å². The number of benzene rings is 1. The van der Waals surface area contributed by atoms with E-state index in [4.69, 9.17) is 0 Å². The van der Waals surface area contributed by atoms with E-state index < -0.39 is 15.8 Å². The third kappa shape index (κ3) is 4.09. The van der Waals surface area contributed by atoms with E-state index >= 15 is 0 Å². The SMILES string of the molecule is O=C(NC1CC1)C1CCN(S(=O)(=O)Cc2ccccc2F)CC1. The summed E-state index contributed by atoms with van der Waals surface area (Å²) >= 11 is 0. The lowest BCUT2D eigenvalue weighted by Gasteiger charge is -2.30. The average Bonchev–Trinajstić information content (AvgIpc) is 3.33. The molecule has 1 aromatic rings. The molecule has 1 saturated heterocycles. The Kier molecular flexibility index (Phi) is 4.68. The van der Waals surface area contributed by atoms with Crippen LogP contribution in [0.1, 0.15) is 31.2 Å². The van der Waals surface area contributed by atoms with Crippen LogP contribution in [0.25, 0.3) is 0 Å². The smallest absolute Gasteiger partial charge is 0.223 e. The van der Waals surface area contributed by atoms with Crippen molar-refractivity contribution in [1.82, 2.24) is 9.62 Å². The molecule has 0 bridgehead atoms. The number of sulfonamides is 1. The van der Waals surface area contributed by atoms with E-state index in [1.54, 1.807) is 6.07 Å². The summed E-state index contributed by atoms with van der Waals surface area (Å²) in [6, 6.07) is 6.24. The Labute approximate surface area is 135 Å². The predicted octanol–water partition coefficient (Wildman–Crippen LogP) is 1.65. The number of piperidine rings is 1. The second-order valence-corrected chi connectivity index (χ2v) is 8.27. The zero-order valence-corrected chi connectivity index (χ0v) is 13.7. The number of hydrogen-bond donors (Lipinski definition) is 1. The van der Waals surface area contributed by atoms with Crippen LogP contribution in [0, 0.1) is 11.7 Å². The van der Waals surface area contributed by atoms with Gasteiger partial charge in [-0.25, -0.2) is 17.1 Å². The number of carbonyl (C=O) groups is 1. The molecule has 3 rings (SSSR count). The fraction of sp³-hybridized carbons (Fsp3) is 0.562. The van der Waals surface area contributed by atoms with E-state index in [0.717, 1.165) is 12.8 Å². The molecule has 1 heterocycles. The number of carbonyl (C=O) groups excluding carboxylic acids is 1. The minimum absolute atomic E-state index is 0.0404. The number of rotatable bonds is 5. The van der Waals surface area contributed by atoms with Gasteiger partial charge < -0.3 is 5.32 Å². The first kappa shape index (κ1) is 16.4. The van der Waals surface area contributed by atoms with Crippen LogP contribution in [0.15, 0.2) is 24.3 Å². The average molecular weight is 340 g/mol. The highest BCUT2D eigenvalue weighted by atomic mass is 32.2. The number of nitrogens with zero attached hydrogens (tertiary/aromatic N) is 1. The van der Waals surface area contributed by atoms with E-state index in [9.17, 15) is 17.6 Å². The van der Waals surface area contributed by atoms with Crippen molar-refractivity contribution in [1.29, 1.82) is 0 Å². The van der Waals surface area contributed by atoms with E-state index in [2.05, 4.69) is 5.32 Å². The normalized spacial score (nSPS) is 20.4. The highest BCUT2D eigenvalue weighted by Crippen LogP contribution is 2.25. The van der Waals surface area contributed by atoms with Crippen LogP contribution in [0.3, 0.4) is 0 Å². The number of nitrogens with one attached hydrogen (secondary N) is 1. The molecule has 7 heteroatoms. The molecule has 23 heavy (non-hydrogen) atoms. The van der Waals surface area contributed by atoms with E-state index in [1.165, 1.54) is 22.5 Å². The Bertz CT molecular complexity index is 680. The van der Waals surface area contributed by atoms with Crippen LogP contribution in [0.5, 0.6) is 0 Å². The van der Waals surface area contributed by atoms with Crippen molar-refractivity contribution in [3.63, 3.8) is 0 Å². The summed E-state index contributed by atoms with van der Waals surface area (Å²) in [6.45, 7) is 0.638. The molecular weight excluding hydrogens is 319 g/mol. The molecular formula is C16H21FN2O3S. The van der Waals surface area contributed by atoms with Crippen LogP contribution in [0.2, 0.25) is 0 Å². The fourth-order valence-electron chi connectivity index (χ4n) is 2.85. The molecule has 1 aromatic carbocycles. The van der Waals surface area contributed by atoms with Crippen molar-refractivity contribution >= 4 is 15.9 Å². The first-order valence-electron chi connectivity index (χ1n) is 7.97. The molecule has 1 amide bonds. The molecule has 0 unspecified atom stereocenters. The molecule has 0 radical (unpaired) electrons. The number of amides is 1. The minimum atomic E-state index is -3.56. The number of halogens is 1. The van der Waals surface area contributed by atoms with Gasteiger partial charge in [-0.05, 0) is 31.7 Å². The minimum Gasteiger partial charge on any atom is -0.353 e. The van der Waals surface area contributed by atoms with E-state index in [-0.39, 0.29) is 23.1 Å². The Morgan fingerprint density at radius 2 is 1.83 bits per heavy atom. The lowest BCUT2D eigenvalue weighted by Crippen LogP contribution is -2.43. The van der Waals surface area contributed by atoms with Crippen molar-refractivity contribution in [2.24, 2.45) is 5.92 Å². The maximum atomic E-state index is 13.6. The molecule has 1 aliphatic heterocycles. The molecule has 2 aliphatic rings. The molecule has 1 saturated carbocycles. The molecule has 1 aliphatic carbocycles.